The average Bonchev–Trinajstić information content (AvgIpc) is 2.29. The molecule has 1 aliphatic carbocycles. The van der Waals surface area contributed by atoms with Crippen LogP contribution in [0.5, 0.6) is 0 Å². The number of esters is 1. The number of rotatable bonds is 4. The molecule has 1 rings (SSSR count). The van der Waals surface area contributed by atoms with Gasteiger partial charge in [-0.3, -0.25) is 0 Å². The summed E-state index contributed by atoms with van der Waals surface area (Å²) in [5.41, 5.74) is 4.34. The van der Waals surface area contributed by atoms with E-state index in [1.807, 2.05) is 0 Å². The van der Waals surface area contributed by atoms with Gasteiger partial charge in [-0.25, -0.2) is 4.79 Å². The molecule has 102 valence electrons. The van der Waals surface area contributed by atoms with Gasteiger partial charge in [-0.15, -0.1) is 12.4 Å². The molecule has 17 heavy (non-hydrogen) atoms. The Morgan fingerprint density at radius 1 is 1.47 bits per heavy atom. The summed E-state index contributed by atoms with van der Waals surface area (Å²) in [6.45, 7) is 1.44. The van der Waals surface area contributed by atoms with E-state index < -0.39 is 17.6 Å². The fraction of sp³-hybridized carbons (Fsp3) is 0.917. The summed E-state index contributed by atoms with van der Waals surface area (Å²) in [4.78, 5) is 11.4. The molecule has 0 heterocycles. The van der Waals surface area contributed by atoms with Crippen LogP contribution in [0.2, 0.25) is 0 Å². The summed E-state index contributed by atoms with van der Waals surface area (Å²) in [5.74, 6) is -0.101. The Bertz CT molecular complexity index is 240. The maximum atomic E-state index is 11.4. The van der Waals surface area contributed by atoms with Gasteiger partial charge in [0.15, 0.2) is 5.60 Å². The molecule has 2 unspecified atom stereocenters. The zero-order chi connectivity index (χ0) is 12.2. The van der Waals surface area contributed by atoms with Crippen LogP contribution >= 0.6 is 12.4 Å². The number of carbonyl (C=O) groups is 1. The highest BCUT2D eigenvalue weighted by molar-refractivity contribution is 5.85. The molecule has 0 aromatic heterocycles. The standard InChI is InChI=1S/C12H23NO3.ClH/c1-12(15,11(14)16-2)10(13)8-9-6-4-3-5-7-9;/h9-10,15H,3-8,13H2,1-2H3;1H. The van der Waals surface area contributed by atoms with E-state index >= 15 is 0 Å². The molecule has 0 amide bonds. The van der Waals surface area contributed by atoms with Gasteiger partial charge >= 0.3 is 5.97 Å². The van der Waals surface area contributed by atoms with Crippen molar-refractivity contribution in [3.63, 3.8) is 0 Å². The number of methoxy groups -OCH3 is 1. The van der Waals surface area contributed by atoms with Crippen molar-refractivity contribution in [1.29, 1.82) is 0 Å². The maximum absolute atomic E-state index is 11.4. The number of hydrogen-bond donors (Lipinski definition) is 2. The predicted octanol–water partition coefficient (Wildman–Crippen LogP) is 1.63. The van der Waals surface area contributed by atoms with Crippen molar-refractivity contribution >= 4 is 18.4 Å². The smallest absolute Gasteiger partial charge is 0.339 e. The molecule has 1 aliphatic rings. The Labute approximate surface area is 109 Å². The van der Waals surface area contributed by atoms with E-state index in [1.54, 1.807) is 0 Å². The molecule has 1 fully saturated rings. The largest absolute Gasteiger partial charge is 0.467 e. The van der Waals surface area contributed by atoms with Gasteiger partial charge in [-0.05, 0) is 19.3 Å². The van der Waals surface area contributed by atoms with Crippen LogP contribution in [0.25, 0.3) is 0 Å². The van der Waals surface area contributed by atoms with E-state index in [0.29, 0.717) is 12.3 Å². The lowest BCUT2D eigenvalue weighted by atomic mass is 9.81. The van der Waals surface area contributed by atoms with Crippen LogP contribution in [0.1, 0.15) is 45.4 Å². The molecule has 0 saturated heterocycles. The van der Waals surface area contributed by atoms with Gasteiger partial charge in [0.25, 0.3) is 0 Å². The SMILES string of the molecule is COC(=O)C(C)(O)C(N)CC1CCCCC1.Cl. The van der Waals surface area contributed by atoms with Gasteiger partial charge in [-0.1, -0.05) is 32.1 Å². The molecule has 0 aromatic carbocycles. The molecule has 0 bridgehead atoms. The van der Waals surface area contributed by atoms with Gasteiger partial charge in [0.05, 0.1) is 7.11 Å². The third-order valence-electron chi connectivity index (χ3n) is 3.63. The van der Waals surface area contributed by atoms with Gasteiger partial charge in [0.1, 0.15) is 0 Å². The van der Waals surface area contributed by atoms with Crippen molar-refractivity contribution in [3.05, 3.63) is 0 Å². The van der Waals surface area contributed by atoms with E-state index in [4.69, 9.17) is 5.73 Å². The summed E-state index contributed by atoms with van der Waals surface area (Å²) < 4.78 is 4.56. The molecule has 1 saturated carbocycles. The van der Waals surface area contributed by atoms with Crippen molar-refractivity contribution in [2.75, 3.05) is 7.11 Å². The first-order valence-corrected chi connectivity index (χ1v) is 6.05. The zero-order valence-electron chi connectivity index (χ0n) is 10.6. The molecular formula is C12H24ClNO3. The van der Waals surface area contributed by atoms with Crippen molar-refractivity contribution < 1.29 is 14.6 Å². The first-order valence-electron chi connectivity index (χ1n) is 6.05. The van der Waals surface area contributed by atoms with Crippen LogP contribution < -0.4 is 5.73 Å². The normalized spacial score (nSPS) is 22.1. The Balaban J connectivity index is 0.00000256. The van der Waals surface area contributed by atoms with Crippen LogP contribution in [0.3, 0.4) is 0 Å². The Kier molecular flexibility index (Phi) is 7.05. The zero-order valence-corrected chi connectivity index (χ0v) is 11.5. The maximum Gasteiger partial charge on any atom is 0.339 e. The van der Waals surface area contributed by atoms with E-state index in [9.17, 15) is 9.90 Å². The second-order valence-corrected chi connectivity index (χ2v) is 4.99. The van der Waals surface area contributed by atoms with E-state index in [1.165, 1.54) is 33.3 Å². The Hall–Kier alpha value is -0.320. The van der Waals surface area contributed by atoms with Gasteiger partial charge in [0, 0.05) is 6.04 Å². The van der Waals surface area contributed by atoms with Gasteiger partial charge < -0.3 is 15.6 Å². The lowest BCUT2D eigenvalue weighted by molar-refractivity contribution is -0.163. The van der Waals surface area contributed by atoms with Crippen molar-refractivity contribution in [1.82, 2.24) is 0 Å². The van der Waals surface area contributed by atoms with E-state index in [-0.39, 0.29) is 12.4 Å². The predicted molar refractivity (Wildman–Crippen MR) is 69.1 cm³/mol. The first-order chi connectivity index (χ1) is 7.48. The molecule has 0 radical (unpaired) electrons. The molecule has 4 nitrogen and oxygen atoms in total. The van der Waals surface area contributed by atoms with Crippen molar-refractivity contribution in [2.45, 2.75) is 57.1 Å². The lowest BCUT2D eigenvalue weighted by Crippen LogP contribution is -2.53. The second kappa shape index (κ2) is 7.19. The number of nitrogens with two attached hydrogens (primary N) is 1. The highest BCUT2D eigenvalue weighted by Crippen LogP contribution is 2.29. The molecule has 3 N–H and O–H groups in total. The molecular weight excluding hydrogens is 242 g/mol. The third kappa shape index (κ3) is 4.45. The third-order valence-corrected chi connectivity index (χ3v) is 3.63. The molecule has 0 spiro atoms. The summed E-state index contributed by atoms with van der Waals surface area (Å²) in [5, 5.41) is 9.98. The van der Waals surface area contributed by atoms with Crippen LogP contribution in [-0.2, 0) is 9.53 Å². The number of halogens is 1. The summed E-state index contributed by atoms with van der Waals surface area (Å²) >= 11 is 0. The van der Waals surface area contributed by atoms with Crippen molar-refractivity contribution in [2.24, 2.45) is 11.7 Å². The highest BCUT2D eigenvalue weighted by atomic mass is 35.5. The summed E-state index contributed by atoms with van der Waals surface area (Å²) in [6.07, 6.45) is 6.77. The lowest BCUT2D eigenvalue weighted by Gasteiger charge is -2.31. The second-order valence-electron chi connectivity index (χ2n) is 4.99. The minimum Gasteiger partial charge on any atom is -0.467 e. The van der Waals surface area contributed by atoms with Crippen molar-refractivity contribution in [3.8, 4) is 0 Å². The van der Waals surface area contributed by atoms with Crippen LogP contribution in [0, 0.1) is 5.92 Å². The fourth-order valence-corrected chi connectivity index (χ4v) is 2.37. The van der Waals surface area contributed by atoms with Crippen LogP contribution in [-0.4, -0.2) is 29.8 Å². The van der Waals surface area contributed by atoms with Gasteiger partial charge in [0.2, 0.25) is 0 Å². The van der Waals surface area contributed by atoms with E-state index in [2.05, 4.69) is 4.74 Å². The minimum atomic E-state index is -1.56. The minimum absolute atomic E-state index is 0. The summed E-state index contributed by atoms with van der Waals surface area (Å²) in [6, 6.07) is -0.539. The highest BCUT2D eigenvalue weighted by Gasteiger charge is 2.39. The Morgan fingerprint density at radius 3 is 2.47 bits per heavy atom. The summed E-state index contributed by atoms with van der Waals surface area (Å²) in [7, 11) is 1.27. The van der Waals surface area contributed by atoms with Gasteiger partial charge in [-0.2, -0.15) is 0 Å². The quantitative estimate of drug-likeness (QED) is 0.758. The average molecular weight is 266 g/mol. The molecule has 5 heteroatoms. The molecule has 0 aliphatic heterocycles. The Morgan fingerprint density at radius 2 is 2.00 bits per heavy atom. The number of hydrogen-bond acceptors (Lipinski definition) is 4. The van der Waals surface area contributed by atoms with E-state index in [0.717, 1.165) is 12.8 Å². The van der Waals surface area contributed by atoms with Crippen LogP contribution in [0.4, 0.5) is 0 Å². The monoisotopic (exact) mass is 265 g/mol. The van der Waals surface area contributed by atoms with Crippen LogP contribution in [0.15, 0.2) is 0 Å². The molecule has 0 aromatic rings. The topological polar surface area (TPSA) is 72.5 Å². The molecule has 2 atom stereocenters. The number of ether oxygens (including phenoxy) is 1. The number of carbonyl (C=O) groups excluding carboxylic acids is 1. The number of aliphatic hydroxyl groups is 1. The fourth-order valence-electron chi connectivity index (χ4n) is 2.37. The first kappa shape index (κ1) is 16.7.